The lowest BCUT2D eigenvalue weighted by Gasteiger charge is -2.07. The van der Waals surface area contributed by atoms with Gasteiger partial charge in [-0.3, -0.25) is 0 Å². The number of phenols is 1. The number of H-pyrrole nitrogens is 1. The van der Waals surface area contributed by atoms with Crippen LogP contribution in [0.15, 0.2) is 36.7 Å². The molecule has 4 heteroatoms. The molecule has 1 aromatic heterocycles. The summed E-state index contributed by atoms with van der Waals surface area (Å²) in [7, 11) is 0. The van der Waals surface area contributed by atoms with Gasteiger partial charge >= 0.3 is 0 Å². The number of aliphatic hydroxyl groups is 1. The van der Waals surface area contributed by atoms with Crippen LogP contribution in [0.4, 0.5) is 0 Å². The van der Waals surface area contributed by atoms with Crippen molar-refractivity contribution in [2.45, 2.75) is 12.5 Å². The maximum atomic E-state index is 9.78. The van der Waals surface area contributed by atoms with Crippen LogP contribution >= 0.6 is 0 Å². The van der Waals surface area contributed by atoms with E-state index in [9.17, 15) is 10.2 Å². The Balaban J connectivity index is 2.09. The lowest BCUT2D eigenvalue weighted by Crippen LogP contribution is -2.03. The SMILES string of the molecule is Oc1cccc(CC(O)c2ncc[nH]2)c1. The second kappa shape index (κ2) is 4.14. The molecular formula is C11H12N2O2. The molecule has 0 fully saturated rings. The van der Waals surface area contributed by atoms with Gasteiger partial charge in [0.15, 0.2) is 0 Å². The van der Waals surface area contributed by atoms with Crippen LogP contribution in [-0.2, 0) is 6.42 Å². The number of rotatable bonds is 3. The first-order valence-corrected chi connectivity index (χ1v) is 4.71. The van der Waals surface area contributed by atoms with Crippen LogP contribution < -0.4 is 0 Å². The molecule has 15 heavy (non-hydrogen) atoms. The number of aromatic amines is 1. The Morgan fingerprint density at radius 1 is 1.40 bits per heavy atom. The molecule has 0 bridgehead atoms. The second-order valence-corrected chi connectivity index (χ2v) is 3.36. The Kier molecular flexibility index (Phi) is 2.69. The van der Waals surface area contributed by atoms with Gasteiger partial charge in [-0.2, -0.15) is 0 Å². The zero-order valence-electron chi connectivity index (χ0n) is 8.09. The zero-order chi connectivity index (χ0) is 10.7. The van der Waals surface area contributed by atoms with Crippen molar-refractivity contribution in [1.29, 1.82) is 0 Å². The summed E-state index contributed by atoms with van der Waals surface area (Å²) >= 11 is 0. The average molecular weight is 204 g/mol. The topological polar surface area (TPSA) is 69.1 Å². The number of nitrogens with zero attached hydrogens (tertiary/aromatic N) is 1. The van der Waals surface area contributed by atoms with Gasteiger partial charge in [-0.15, -0.1) is 0 Å². The molecular weight excluding hydrogens is 192 g/mol. The van der Waals surface area contributed by atoms with Crippen molar-refractivity contribution in [2.24, 2.45) is 0 Å². The number of benzene rings is 1. The summed E-state index contributed by atoms with van der Waals surface area (Å²) in [6.45, 7) is 0. The van der Waals surface area contributed by atoms with Crippen molar-refractivity contribution in [3.8, 4) is 5.75 Å². The normalized spacial score (nSPS) is 12.6. The van der Waals surface area contributed by atoms with Gasteiger partial charge in [0.25, 0.3) is 0 Å². The standard InChI is InChI=1S/C11H12N2O2/c14-9-3-1-2-8(6-9)7-10(15)11-12-4-5-13-11/h1-6,10,14-15H,7H2,(H,12,13). The summed E-state index contributed by atoms with van der Waals surface area (Å²) in [4.78, 5) is 6.81. The summed E-state index contributed by atoms with van der Waals surface area (Å²) < 4.78 is 0. The molecule has 0 amide bonds. The molecule has 1 atom stereocenters. The monoisotopic (exact) mass is 204 g/mol. The molecule has 1 aromatic carbocycles. The van der Waals surface area contributed by atoms with E-state index in [1.165, 1.54) is 0 Å². The van der Waals surface area contributed by atoms with Gasteiger partial charge in [0.1, 0.15) is 17.7 Å². The minimum atomic E-state index is -0.665. The minimum Gasteiger partial charge on any atom is -0.508 e. The molecule has 2 aromatic rings. The van der Waals surface area contributed by atoms with Gasteiger partial charge in [0.2, 0.25) is 0 Å². The number of nitrogens with one attached hydrogen (secondary N) is 1. The maximum Gasteiger partial charge on any atom is 0.135 e. The molecule has 0 aliphatic carbocycles. The molecule has 0 saturated carbocycles. The smallest absolute Gasteiger partial charge is 0.135 e. The summed E-state index contributed by atoms with van der Waals surface area (Å²) in [5, 5.41) is 19.0. The Morgan fingerprint density at radius 3 is 2.93 bits per heavy atom. The third-order valence-corrected chi connectivity index (χ3v) is 2.17. The Bertz CT molecular complexity index is 426. The number of hydrogen-bond donors (Lipinski definition) is 3. The van der Waals surface area contributed by atoms with Crippen LogP contribution in [0.5, 0.6) is 5.75 Å². The van der Waals surface area contributed by atoms with Crippen LogP contribution in [0.25, 0.3) is 0 Å². The molecule has 1 unspecified atom stereocenters. The Labute approximate surface area is 87.2 Å². The maximum absolute atomic E-state index is 9.78. The van der Waals surface area contributed by atoms with Gasteiger partial charge in [0, 0.05) is 18.8 Å². The third-order valence-electron chi connectivity index (χ3n) is 2.17. The quantitative estimate of drug-likeness (QED) is 0.707. The van der Waals surface area contributed by atoms with Crippen LogP contribution in [-0.4, -0.2) is 20.2 Å². The fraction of sp³-hybridized carbons (Fsp3) is 0.182. The van der Waals surface area contributed by atoms with Gasteiger partial charge in [-0.1, -0.05) is 12.1 Å². The summed E-state index contributed by atoms with van der Waals surface area (Å²) in [6, 6.07) is 6.83. The van der Waals surface area contributed by atoms with Crippen molar-refractivity contribution < 1.29 is 10.2 Å². The summed E-state index contributed by atoms with van der Waals surface area (Å²) in [5.41, 5.74) is 0.874. The lowest BCUT2D eigenvalue weighted by molar-refractivity contribution is 0.169. The van der Waals surface area contributed by atoms with E-state index in [-0.39, 0.29) is 5.75 Å². The van der Waals surface area contributed by atoms with E-state index < -0.39 is 6.10 Å². The lowest BCUT2D eigenvalue weighted by atomic mass is 10.1. The van der Waals surface area contributed by atoms with Gasteiger partial charge < -0.3 is 15.2 Å². The van der Waals surface area contributed by atoms with Crippen LogP contribution in [0.2, 0.25) is 0 Å². The highest BCUT2D eigenvalue weighted by atomic mass is 16.3. The highest BCUT2D eigenvalue weighted by molar-refractivity contribution is 5.27. The number of imidazole rings is 1. The molecule has 3 N–H and O–H groups in total. The van der Waals surface area contributed by atoms with Gasteiger partial charge in [-0.25, -0.2) is 4.98 Å². The van der Waals surface area contributed by atoms with Crippen molar-refractivity contribution in [1.82, 2.24) is 9.97 Å². The molecule has 0 saturated heterocycles. The fourth-order valence-corrected chi connectivity index (χ4v) is 1.46. The second-order valence-electron chi connectivity index (χ2n) is 3.36. The van der Waals surface area contributed by atoms with Crippen molar-refractivity contribution in [3.63, 3.8) is 0 Å². The average Bonchev–Trinajstić information content (AvgIpc) is 2.70. The van der Waals surface area contributed by atoms with E-state index in [4.69, 9.17) is 0 Å². The number of phenolic OH excluding ortho intramolecular Hbond substituents is 1. The van der Waals surface area contributed by atoms with Crippen molar-refractivity contribution in [2.75, 3.05) is 0 Å². The van der Waals surface area contributed by atoms with Crippen LogP contribution in [0.1, 0.15) is 17.5 Å². The minimum absolute atomic E-state index is 0.208. The highest BCUT2D eigenvalue weighted by Crippen LogP contribution is 2.17. The number of aliphatic hydroxyl groups excluding tert-OH is 1. The van der Waals surface area contributed by atoms with Gasteiger partial charge in [-0.05, 0) is 17.7 Å². The fourth-order valence-electron chi connectivity index (χ4n) is 1.46. The Morgan fingerprint density at radius 2 is 2.27 bits per heavy atom. The van der Waals surface area contributed by atoms with E-state index in [1.54, 1.807) is 30.6 Å². The van der Waals surface area contributed by atoms with Crippen molar-refractivity contribution in [3.05, 3.63) is 48.0 Å². The predicted octanol–water partition coefficient (Wildman–Crippen LogP) is 1.39. The number of aromatic hydroxyl groups is 1. The number of hydrogen-bond acceptors (Lipinski definition) is 3. The molecule has 0 radical (unpaired) electrons. The highest BCUT2D eigenvalue weighted by Gasteiger charge is 2.10. The van der Waals surface area contributed by atoms with E-state index in [2.05, 4.69) is 9.97 Å². The molecule has 4 nitrogen and oxygen atoms in total. The number of aromatic nitrogens is 2. The van der Waals surface area contributed by atoms with E-state index in [0.29, 0.717) is 12.2 Å². The molecule has 78 valence electrons. The van der Waals surface area contributed by atoms with Gasteiger partial charge in [0.05, 0.1) is 0 Å². The van der Waals surface area contributed by atoms with Crippen molar-refractivity contribution >= 4 is 0 Å². The molecule has 2 rings (SSSR count). The van der Waals surface area contributed by atoms with E-state index in [0.717, 1.165) is 5.56 Å². The first kappa shape index (κ1) is 9.73. The first-order chi connectivity index (χ1) is 7.25. The molecule has 0 aliphatic heterocycles. The Hall–Kier alpha value is -1.81. The van der Waals surface area contributed by atoms with Crippen LogP contribution in [0, 0.1) is 0 Å². The third kappa shape index (κ3) is 2.35. The molecule has 0 spiro atoms. The van der Waals surface area contributed by atoms with Crippen LogP contribution in [0.3, 0.4) is 0 Å². The summed E-state index contributed by atoms with van der Waals surface area (Å²) in [6.07, 6.45) is 3.03. The molecule has 0 aliphatic rings. The largest absolute Gasteiger partial charge is 0.508 e. The van der Waals surface area contributed by atoms with E-state index in [1.807, 2.05) is 6.07 Å². The molecule has 1 heterocycles. The zero-order valence-corrected chi connectivity index (χ0v) is 8.09. The summed E-state index contributed by atoms with van der Waals surface area (Å²) in [5.74, 6) is 0.748. The van der Waals surface area contributed by atoms with E-state index >= 15 is 0 Å². The first-order valence-electron chi connectivity index (χ1n) is 4.71. The predicted molar refractivity (Wildman–Crippen MR) is 55.4 cm³/mol.